The molecule has 0 bridgehead atoms. The van der Waals surface area contributed by atoms with Crippen molar-refractivity contribution < 1.29 is 19.4 Å². The van der Waals surface area contributed by atoms with Crippen LogP contribution in [0.3, 0.4) is 0 Å². The third-order valence-electron chi connectivity index (χ3n) is 3.38. The Labute approximate surface area is 129 Å². The quantitative estimate of drug-likeness (QED) is 0.573. The van der Waals surface area contributed by atoms with Crippen molar-refractivity contribution >= 4 is 11.6 Å². The number of hydrogen-bond donors (Lipinski definition) is 4. The van der Waals surface area contributed by atoms with Crippen molar-refractivity contribution in [2.75, 3.05) is 11.9 Å². The molecule has 0 aliphatic heterocycles. The van der Waals surface area contributed by atoms with Gasteiger partial charge in [-0.3, -0.25) is 9.78 Å². The van der Waals surface area contributed by atoms with Crippen molar-refractivity contribution in [1.82, 2.24) is 4.98 Å². The average Bonchev–Trinajstić information content (AvgIpc) is 2.37. The average molecular weight is 313 g/mol. The molecule has 0 aromatic carbocycles. The number of aliphatic hydroxyl groups is 2. The second kappa shape index (κ2) is 7.51. The third-order valence-corrected chi connectivity index (χ3v) is 3.38. The number of anilines is 1. The van der Waals surface area contributed by atoms with Gasteiger partial charge in [-0.1, -0.05) is 0 Å². The molecule has 1 amide bonds. The molecule has 0 saturated heterocycles. The van der Waals surface area contributed by atoms with Crippen LogP contribution in [0, 0.1) is 0 Å². The molecule has 5 N–H and O–H groups in total. The Balaban J connectivity index is 3.10. The fourth-order valence-electron chi connectivity index (χ4n) is 2.01. The molecule has 1 heterocycles. The van der Waals surface area contributed by atoms with E-state index in [1.807, 2.05) is 6.92 Å². The summed E-state index contributed by atoms with van der Waals surface area (Å²) in [7, 11) is 0. The summed E-state index contributed by atoms with van der Waals surface area (Å²) in [5, 5.41) is 21.7. The first-order valence-corrected chi connectivity index (χ1v) is 7.18. The van der Waals surface area contributed by atoms with Crippen LogP contribution in [-0.4, -0.2) is 45.5 Å². The maximum Gasteiger partial charge on any atom is 0.252 e. The number of nitrogens with two attached hydrogens (primary N) is 1. The standard InChI is InChI=1S/C15H24FN3O3/c1-9(5-7-20)19-10-4-6-18-11(13(10)14(17)21)8-12(16)15(2,3)22/h4,6,9,12,20,22H,5,7-8H2,1-3H3,(H2,17,21)(H,18,19)/t9?,12-/m1/s1. The van der Waals surface area contributed by atoms with Crippen molar-refractivity contribution in [1.29, 1.82) is 0 Å². The number of carbonyl (C=O) groups is 1. The zero-order chi connectivity index (χ0) is 16.9. The molecule has 0 aliphatic carbocycles. The number of alkyl halides is 1. The van der Waals surface area contributed by atoms with Gasteiger partial charge < -0.3 is 21.3 Å². The fraction of sp³-hybridized carbons (Fsp3) is 0.600. The zero-order valence-electron chi connectivity index (χ0n) is 13.1. The summed E-state index contributed by atoms with van der Waals surface area (Å²) < 4.78 is 14.1. The number of aromatic nitrogens is 1. The first-order valence-electron chi connectivity index (χ1n) is 7.18. The summed E-state index contributed by atoms with van der Waals surface area (Å²) in [6.07, 6.45) is 0.146. The lowest BCUT2D eigenvalue weighted by Gasteiger charge is -2.23. The van der Waals surface area contributed by atoms with Gasteiger partial charge in [-0.05, 0) is 33.3 Å². The first kappa shape index (κ1) is 18.3. The van der Waals surface area contributed by atoms with E-state index in [-0.39, 0.29) is 30.3 Å². The number of halogens is 1. The number of nitrogens with zero attached hydrogens (tertiary/aromatic N) is 1. The van der Waals surface area contributed by atoms with Gasteiger partial charge in [0, 0.05) is 25.3 Å². The van der Waals surface area contributed by atoms with Crippen molar-refractivity contribution in [3.8, 4) is 0 Å². The van der Waals surface area contributed by atoms with Gasteiger partial charge in [-0.15, -0.1) is 0 Å². The summed E-state index contributed by atoms with van der Waals surface area (Å²) in [6, 6.07) is 1.49. The number of aliphatic hydroxyl groups excluding tert-OH is 1. The highest BCUT2D eigenvalue weighted by Gasteiger charge is 2.29. The minimum Gasteiger partial charge on any atom is -0.396 e. The summed E-state index contributed by atoms with van der Waals surface area (Å²) in [6.45, 7) is 4.55. The van der Waals surface area contributed by atoms with Crippen LogP contribution in [0.25, 0.3) is 0 Å². The van der Waals surface area contributed by atoms with Crippen molar-refractivity contribution in [3.05, 3.63) is 23.5 Å². The molecule has 0 radical (unpaired) electrons. The van der Waals surface area contributed by atoms with Gasteiger partial charge in [-0.2, -0.15) is 0 Å². The molecular formula is C15H24FN3O3. The van der Waals surface area contributed by atoms with Crippen LogP contribution in [0.4, 0.5) is 10.1 Å². The normalized spacial score (nSPS) is 14.5. The van der Waals surface area contributed by atoms with Crippen molar-refractivity contribution in [2.45, 2.75) is 51.4 Å². The lowest BCUT2D eigenvalue weighted by atomic mass is 9.96. The molecule has 7 heteroatoms. The molecule has 1 rings (SSSR count). The number of nitrogens with one attached hydrogen (secondary N) is 1. The molecular weight excluding hydrogens is 289 g/mol. The number of rotatable bonds is 8. The Bertz CT molecular complexity index is 517. The van der Waals surface area contributed by atoms with Crippen LogP contribution in [0.5, 0.6) is 0 Å². The fourth-order valence-corrected chi connectivity index (χ4v) is 2.01. The Morgan fingerprint density at radius 1 is 1.55 bits per heavy atom. The number of carbonyl (C=O) groups excluding carboxylic acids is 1. The lowest BCUT2D eigenvalue weighted by molar-refractivity contribution is -0.00307. The van der Waals surface area contributed by atoms with Gasteiger partial charge in [0.2, 0.25) is 0 Å². The largest absolute Gasteiger partial charge is 0.396 e. The number of primary amides is 1. The highest BCUT2D eigenvalue weighted by molar-refractivity contribution is 5.99. The van der Waals surface area contributed by atoms with E-state index < -0.39 is 17.7 Å². The number of amides is 1. The monoisotopic (exact) mass is 313 g/mol. The lowest BCUT2D eigenvalue weighted by Crippen LogP contribution is -2.35. The van der Waals surface area contributed by atoms with Crippen LogP contribution in [0.2, 0.25) is 0 Å². The molecule has 124 valence electrons. The topological polar surface area (TPSA) is 108 Å². The Hall–Kier alpha value is -1.73. The third kappa shape index (κ3) is 4.92. The SMILES string of the molecule is CC(CCO)Nc1ccnc(C[C@@H](F)C(C)(C)O)c1C(N)=O. The van der Waals surface area contributed by atoms with Gasteiger partial charge in [-0.25, -0.2) is 4.39 Å². The van der Waals surface area contributed by atoms with Gasteiger partial charge >= 0.3 is 0 Å². The molecule has 22 heavy (non-hydrogen) atoms. The summed E-state index contributed by atoms with van der Waals surface area (Å²) in [5.74, 6) is -0.718. The van der Waals surface area contributed by atoms with Crippen LogP contribution in [0.15, 0.2) is 12.3 Å². The van der Waals surface area contributed by atoms with E-state index in [1.54, 1.807) is 6.07 Å². The van der Waals surface area contributed by atoms with Crippen molar-refractivity contribution in [2.24, 2.45) is 5.73 Å². The molecule has 0 spiro atoms. The van der Waals surface area contributed by atoms with Crippen LogP contribution < -0.4 is 11.1 Å². The summed E-state index contributed by atoms with van der Waals surface area (Å²) in [5.41, 5.74) is 4.61. The molecule has 1 aromatic rings. The van der Waals surface area contributed by atoms with E-state index in [0.717, 1.165) is 0 Å². The number of hydrogen-bond acceptors (Lipinski definition) is 5. The number of pyridine rings is 1. The Kier molecular flexibility index (Phi) is 6.25. The Morgan fingerprint density at radius 3 is 2.68 bits per heavy atom. The predicted octanol–water partition coefficient (Wildman–Crippen LogP) is 1.01. The molecule has 0 fully saturated rings. The zero-order valence-corrected chi connectivity index (χ0v) is 13.1. The minimum atomic E-state index is -1.58. The van der Waals surface area contributed by atoms with E-state index in [9.17, 15) is 14.3 Å². The van der Waals surface area contributed by atoms with E-state index >= 15 is 0 Å². The molecule has 1 aromatic heterocycles. The highest BCUT2D eigenvalue weighted by atomic mass is 19.1. The van der Waals surface area contributed by atoms with Crippen molar-refractivity contribution in [3.63, 3.8) is 0 Å². The second-order valence-corrected chi connectivity index (χ2v) is 5.93. The predicted molar refractivity (Wildman–Crippen MR) is 82.4 cm³/mol. The van der Waals surface area contributed by atoms with E-state index in [0.29, 0.717) is 12.1 Å². The maximum atomic E-state index is 14.1. The maximum absolute atomic E-state index is 14.1. The van der Waals surface area contributed by atoms with Crippen LogP contribution in [0.1, 0.15) is 43.2 Å². The molecule has 0 aliphatic rings. The van der Waals surface area contributed by atoms with Gasteiger partial charge in [0.05, 0.1) is 22.5 Å². The van der Waals surface area contributed by atoms with Crippen LogP contribution in [-0.2, 0) is 6.42 Å². The van der Waals surface area contributed by atoms with Gasteiger partial charge in [0.25, 0.3) is 5.91 Å². The smallest absolute Gasteiger partial charge is 0.252 e. The second-order valence-electron chi connectivity index (χ2n) is 5.93. The summed E-state index contributed by atoms with van der Waals surface area (Å²) >= 11 is 0. The molecule has 2 atom stereocenters. The van der Waals surface area contributed by atoms with Gasteiger partial charge in [0.1, 0.15) is 6.17 Å². The minimum absolute atomic E-state index is 0.00324. The molecule has 1 unspecified atom stereocenters. The van der Waals surface area contributed by atoms with Crippen LogP contribution >= 0.6 is 0 Å². The first-order chi connectivity index (χ1) is 10.2. The van der Waals surface area contributed by atoms with E-state index in [4.69, 9.17) is 10.8 Å². The molecule has 0 saturated carbocycles. The highest BCUT2D eigenvalue weighted by Crippen LogP contribution is 2.24. The van der Waals surface area contributed by atoms with Gasteiger partial charge in [0.15, 0.2) is 0 Å². The van der Waals surface area contributed by atoms with E-state index in [2.05, 4.69) is 10.3 Å². The Morgan fingerprint density at radius 2 is 2.18 bits per heavy atom. The van der Waals surface area contributed by atoms with E-state index in [1.165, 1.54) is 20.0 Å². The molecule has 6 nitrogen and oxygen atoms in total. The summed E-state index contributed by atoms with van der Waals surface area (Å²) in [4.78, 5) is 15.7.